The number of hydrogen-bond acceptors (Lipinski definition) is 6. The van der Waals surface area contributed by atoms with Crippen LogP contribution in [0.1, 0.15) is 57.0 Å². The molecule has 2 aliphatic rings. The van der Waals surface area contributed by atoms with Crippen LogP contribution in [0.25, 0.3) is 11.1 Å². The molecule has 2 amide bonds. The molecule has 1 aliphatic carbocycles. The van der Waals surface area contributed by atoms with E-state index in [2.05, 4.69) is 31.4 Å². The molecule has 4 rings (SSSR count). The Kier molecular flexibility index (Phi) is 7.31. The lowest BCUT2D eigenvalue weighted by molar-refractivity contribution is -0.151. The van der Waals surface area contributed by atoms with Crippen LogP contribution in [-0.2, 0) is 14.3 Å². The minimum Gasteiger partial charge on any atom is -0.469 e. The number of carbonyl (C=O) groups excluding carboxylic acids is 3. The van der Waals surface area contributed by atoms with Crippen molar-refractivity contribution in [3.8, 4) is 11.1 Å². The Hall–Kier alpha value is -3.13. The van der Waals surface area contributed by atoms with Gasteiger partial charge in [0.15, 0.2) is 5.76 Å². The summed E-state index contributed by atoms with van der Waals surface area (Å²) in [7, 11) is 1.39. The Morgan fingerprint density at radius 1 is 1.09 bits per heavy atom. The molecule has 188 valence electrons. The average molecular weight is 482 g/mol. The van der Waals surface area contributed by atoms with Gasteiger partial charge in [0.2, 0.25) is 5.91 Å². The Balaban J connectivity index is 1.41. The molecule has 2 aromatic rings. The van der Waals surface area contributed by atoms with Crippen LogP contribution in [0, 0.1) is 5.92 Å². The van der Waals surface area contributed by atoms with E-state index in [1.807, 2.05) is 30.3 Å². The number of nitrogens with one attached hydrogen (secondary N) is 2. The van der Waals surface area contributed by atoms with Crippen LogP contribution in [0.4, 0.5) is 0 Å². The van der Waals surface area contributed by atoms with Gasteiger partial charge in [-0.25, -0.2) is 0 Å². The van der Waals surface area contributed by atoms with Gasteiger partial charge < -0.3 is 24.7 Å². The summed E-state index contributed by atoms with van der Waals surface area (Å²) in [5, 5.41) is 6.40. The van der Waals surface area contributed by atoms with Crippen molar-refractivity contribution in [2.75, 3.05) is 13.7 Å². The second kappa shape index (κ2) is 10.2. The zero-order chi connectivity index (χ0) is 25.2. The van der Waals surface area contributed by atoms with E-state index in [9.17, 15) is 14.4 Å². The molecule has 0 spiro atoms. The van der Waals surface area contributed by atoms with Crippen molar-refractivity contribution in [1.29, 1.82) is 0 Å². The summed E-state index contributed by atoms with van der Waals surface area (Å²) < 4.78 is 10.6. The molecule has 1 aliphatic heterocycles. The average Bonchev–Trinajstić information content (AvgIpc) is 3.46. The first-order valence-corrected chi connectivity index (χ1v) is 12.3. The number of hydrogen-bond donors (Lipinski definition) is 2. The second-order valence-corrected chi connectivity index (χ2v) is 10.5. The normalized spacial score (nSPS) is 24.9. The smallest absolute Gasteiger partial charge is 0.310 e. The Morgan fingerprint density at radius 3 is 2.51 bits per heavy atom. The van der Waals surface area contributed by atoms with Crippen LogP contribution in [0.2, 0.25) is 0 Å². The quantitative estimate of drug-likeness (QED) is 0.614. The number of benzene rings is 1. The minimum absolute atomic E-state index is 0.0662. The highest BCUT2D eigenvalue weighted by atomic mass is 16.5. The fourth-order valence-electron chi connectivity index (χ4n) is 5.31. The van der Waals surface area contributed by atoms with E-state index in [4.69, 9.17) is 9.15 Å². The van der Waals surface area contributed by atoms with E-state index in [1.165, 1.54) is 13.4 Å². The number of likely N-dealkylation sites (tertiary alicyclic amines) is 1. The van der Waals surface area contributed by atoms with Gasteiger partial charge in [0.25, 0.3) is 5.91 Å². The van der Waals surface area contributed by atoms with Gasteiger partial charge in [-0.1, -0.05) is 30.3 Å². The monoisotopic (exact) mass is 481 g/mol. The molecule has 35 heavy (non-hydrogen) atoms. The van der Waals surface area contributed by atoms with Crippen molar-refractivity contribution in [1.82, 2.24) is 15.5 Å². The van der Waals surface area contributed by atoms with Gasteiger partial charge in [0, 0.05) is 29.7 Å². The standard InChI is InChI=1S/C27H35N3O5/c1-27(2,3)29-19-10-11-22(20(15-19)26(33)34-4)30-13-12-21(25(30)32)28-24(31)23-14-18(16-35-23)17-8-6-5-7-9-17/h5-9,14,16,19-22,29H,10-13,15H2,1-4H3,(H,28,31)/t19-,20-,21+,22+/m1/s1. The summed E-state index contributed by atoms with van der Waals surface area (Å²) in [6.45, 7) is 6.80. The first kappa shape index (κ1) is 25.0. The third-order valence-corrected chi connectivity index (χ3v) is 6.83. The first-order valence-electron chi connectivity index (χ1n) is 12.3. The third kappa shape index (κ3) is 5.75. The van der Waals surface area contributed by atoms with Gasteiger partial charge in [-0.05, 0) is 58.1 Å². The molecule has 0 unspecified atom stereocenters. The van der Waals surface area contributed by atoms with E-state index in [0.717, 1.165) is 17.5 Å². The lowest BCUT2D eigenvalue weighted by Crippen LogP contribution is -2.55. The zero-order valence-electron chi connectivity index (χ0n) is 20.9. The maximum atomic E-state index is 13.3. The molecular formula is C27H35N3O5. The Morgan fingerprint density at radius 2 is 1.83 bits per heavy atom. The number of carbonyl (C=O) groups is 3. The van der Waals surface area contributed by atoms with Crippen molar-refractivity contribution < 1.29 is 23.5 Å². The predicted octanol–water partition coefficient (Wildman–Crippen LogP) is 3.38. The summed E-state index contributed by atoms with van der Waals surface area (Å²) >= 11 is 0. The van der Waals surface area contributed by atoms with Gasteiger partial charge in [-0.15, -0.1) is 0 Å². The van der Waals surface area contributed by atoms with Crippen molar-refractivity contribution in [3.05, 3.63) is 48.4 Å². The van der Waals surface area contributed by atoms with Crippen LogP contribution in [0.5, 0.6) is 0 Å². The molecule has 4 atom stereocenters. The van der Waals surface area contributed by atoms with E-state index >= 15 is 0 Å². The van der Waals surface area contributed by atoms with Crippen LogP contribution in [-0.4, -0.2) is 60.0 Å². The highest BCUT2D eigenvalue weighted by molar-refractivity contribution is 5.97. The fourth-order valence-corrected chi connectivity index (χ4v) is 5.31. The molecule has 0 bridgehead atoms. The Bertz CT molecular complexity index is 1060. The van der Waals surface area contributed by atoms with Crippen LogP contribution in [0.3, 0.4) is 0 Å². The predicted molar refractivity (Wildman–Crippen MR) is 132 cm³/mol. The maximum Gasteiger partial charge on any atom is 0.310 e. The molecule has 8 heteroatoms. The van der Waals surface area contributed by atoms with E-state index < -0.39 is 17.9 Å². The molecule has 2 heterocycles. The minimum atomic E-state index is -0.642. The largest absolute Gasteiger partial charge is 0.469 e. The molecule has 1 aromatic heterocycles. The van der Waals surface area contributed by atoms with E-state index in [0.29, 0.717) is 25.8 Å². The number of amides is 2. The maximum absolute atomic E-state index is 13.3. The number of ether oxygens (including phenoxy) is 1. The van der Waals surface area contributed by atoms with Crippen molar-refractivity contribution in [3.63, 3.8) is 0 Å². The third-order valence-electron chi connectivity index (χ3n) is 6.83. The van der Waals surface area contributed by atoms with Gasteiger partial charge in [0.05, 0.1) is 19.3 Å². The summed E-state index contributed by atoms with van der Waals surface area (Å²) in [6.07, 6.45) is 4.22. The lowest BCUT2D eigenvalue weighted by atomic mass is 9.80. The zero-order valence-corrected chi connectivity index (χ0v) is 20.9. The summed E-state index contributed by atoms with van der Waals surface area (Å²) in [4.78, 5) is 40.5. The molecule has 1 aromatic carbocycles. The second-order valence-electron chi connectivity index (χ2n) is 10.5. The number of esters is 1. The fraction of sp³-hybridized carbons (Fsp3) is 0.519. The van der Waals surface area contributed by atoms with Crippen molar-refractivity contribution in [2.24, 2.45) is 5.92 Å². The molecule has 2 N–H and O–H groups in total. The molecule has 1 saturated carbocycles. The molecular weight excluding hydrogens is 446 g/mol. The highest BCUT2D eigenvalue weighted by Crippen LogP contribution is 2.33. The number of rotatable bonds is 6. The molecule has 8 nitrogen and oxygen atoms in total. The number of nitrogens with zero attached hydrogens (tertiary/aromatic N) is 1. The van der Waals surface area contributed by atoms with Crippen molar-refractivity contribution >= 4 is 17.8 Å². The highest BCUT2D eigenvalue weighted by Gasteiger charge is 2.45. The summed E-state index contributed by atoms with van der Waals surface area (Å²) in [5.74, 6) is -1.11. The summed E-state index contributed by atoms with van der Waals surface area (Å²) in [5.41, 5.74) is 1.68. The molecule has 0 radical (unpaired) electrons. The summed E-state index contributed by atoms with van der Waals surface area (Å²) in [6, 6.07) is 10.6. The molecule has 1 saturated heterocycles. The SMILES string of the molecule is COC(=O)[C@@H]1C[C@H](NC(C)(C)C)CC[C@@H]1N1CC[C@H](NC(=O)c2cc(-c3ccccc3)co2)C1=O. The van der Waals surface area contributed by atoms with Gasteiger partial charge in [0.1, 0.15) is 6.04 Å². The van der Waals surface area contributed by atoms with Crippen LogP contribution < -0.4 is 10.6 Å². The van der Waals surface area contributed by atoms with Crippen molar-refractivity contribution in [2.45, 2.75) is 70.1 Å². The lowest BCUT2D eigenvalue weighted by Gasteiger charge is -2.41. The molecule has 2 fully saturated rings. The topological polar surface area (TPSA) is 101 Å². The van der Waals surface area contributed by atoms with Crippen LogP contribution >= 0.6 is 0 Å². The Labute approximate surface area is 206 Å². The van der Waals surface area contributed by atoms with Gasteiger partial charge >= 0.3 is 5.97 Å². The number of furan rings is 1. The van der Waals surface area contributed by atoms with E-state index in [1.54, 1.807) is 11.0 Å². The van der Waals surface area contributed by atoms with Gasteiger partial charge in [-0.3, -0.25) is 14.4 Å². The number of methoxy groups -OCH3 is 1. The van der Waals surface area contributed by atoms with E-state index in [-0.39, 0.29) is 35.3 Å². The van der Waals surface area contributed by atoms with Gasteiger partial charge in [-0.2, -0.15) is 0 Å². The first-order chi connectivity index (χ1) is 16.7. The van der Waals surface area contributed by atoms with Crippen LogP contribution in [0.15, 0.2) is 47.1 Å².